The molecule has 156 valence electrons. The fourth-order valence-corrected chi connectivity index (χ4v) is 4.38. The zero-order chi connectivity index (χ0) is 20.9. The summed E-state index contributed by atoms with van der Waals surface area (Å²) in [5.41, 5.74) is 2.21. The van der Waals surface area contributed by atoms with Crippen LogP contribution in [0.4, 0.5) is 0 Å². The van der Waals surface area contributed by atoms with Gasteiger partial charge in [-0.15, -0.1) is 11.3 Å². The third kappa shape index (κ3) is 5.32. The summed E-state index contributed by atoms with van der Waals surface area (Å²) >= 11 is 13.5. The molecule has 1 aromatic heterocycles. The number of carbonyl (C=O) groups excluding carboxylic acids is 1. The molecular weight excluding hydrogens is 443 g/mol. The Hall–Kier alpha value is -2.12. The number of amides is 1. The Bertz CT molecular complexity index is 1020. The van der Waals surface area contributed by atoms with Crippen LogP contribution >= 0.6 is 34.5 Å². The molecule has 1 aliphatic rings. The van der Waals surface area contributed by atoms with Gasteiger partial charge in [-0.3, -0.25) is 4.79 Å². The standard InChI is InChI=1S/C22H20Cl2N2O3S/c23-16-6-3-15(19(24)10-16)12-29-17-7-4-14(5-8-17)22-26-20(13-30-22)21(27)25-11-18-2-1-9-28-18/h3-8,10,13,18H,1-2,9,11-12H2,(H,25,27)/t18-/m0/s1. The average molecular weight is 463 g/mol. The Morgan fingerprint density at radius 3 is 2.80 bits per heavy atom. The number of nitrogens with zero attached hydrogens (tertiary/aromatic N) is 1. The quantitative estimate of drug-likeness (QED) is 0.495. The molecule has 0 unspecified atom stereocenters. The molecule has 0 aliphatic carbocycles. The third-order valence-corrected chi connectivity index (χ3v) is 6.24. The van der Waals surface area contributed by atoms with Gasteiger partial charge >= 0.3 is 0 Å². The van der Waals surface area contributed by atoms with E-state index in [2.05, 4.69) is 10.3 Å². The van der Waals surface area contributed by atoms with Crippen molar-refractivity contribution in [3.63, 3.8) is 0 Å². The summed E-state index contributed by atoms with van der Waals surface area (Å²) in [4.78, 5) is 16.8. The van der Waals surface area contributed by atoms with Gasteiger partial charge in [-0.2, -0.15) is 0 Å². The van der Waals surface area contributed by atoms with Crippen molar-refractivity contribution < 1.29 is 14.3 Å². The van der Waals surface area contributed by atoms with Crippen molar-refractivity contribution in [3.8, 4) is 16.3 Å². The highest BCUT2D eigenvalue weighted by molar-refractivity contribution is 7.13. The van der Waals surface area contributed by atoms with Crippen molar-refractivity contribution in [2.75, 3.05) is 13.2 Å². The first kappa shape index (κ1) is 21.1. The summed E-state index contributed by atoms with van der Waals surface area (Å²) in [6.07, 6.45) is 2.15. The predicted octanol–water partition coefficient (Wildman–Crippen LogP) is 5.60. The first-order valence-corrected chi connectivity index (χ1v) is 11.2. The van der Waals surface area contributed by atoms with Crippen molar-refractivity contribution in [1.82, 2.24) is 10.3 Å². The summed E-state index contributed by atoms with van der Waals surface area (Å²) in [6.45, 7) is 1.64. The molecule has 0 radical (unpaired) electrons. The lowest BCUT2D eigenvalue weighted by Gasteiger charge is -2.09. The van der Waals surface area contributed by atoms with Crippen molar-refractivity contribution in [2.45, 2.75) is 25.6 Å². The van der Waals surface area contributed by atoms with Gasteiger partial charge in [0.05, 0.1) is 6.10 Å². The van der Waals surface area contributed by atoms with Crippen LogP contribution in [0.1, 0.15) is 28.9 Å². The number of ether oxygens (including phenoxy) is 2. The molecule has 0 spiro atoms. The maximum Gasteiger partial charge on any atom is 0.270 e. The Kier molecular flexibility index (Phi) is 6.89. The lowest BCUT2D eigenvalue weighted by Crippen LogP contribution is -2.31. The highest BCUT2D eigenvalue weighted by Gasteiger charge is 2.18. The van der Waals surface area contributed by atoms with E-state index in [-0.39, 0.29) is 12.0 Å². The molecule has 1 atom stereocenters. The van der Waals surface area contributed by atoms with Crippen LogP contribution in [0.2, 0.25) is 10.0 Å². The lowest BCUT2D eigenvalue weighted by molar-refractivity contribution is 0.0854. The summed E-state index contributed by atoms with van der Waals surface area (Å²) in [6, 6.07) is 12.9. The number of thiazole rings is 1. The number of halogens is 2. The molecule has 5 nitrogen and oxygen atoms in total. The SMILES string of the molecule is O=C(NC[C@@H]1CCCO1)c1csc(-c2ccc(OCc3ccc(Cl)cc3Cl)cc2)n1. The van der Waals surface area contributed by atoms with Crippen LogP contribution < -0.4 is 10.1 Å². The topological polar surface area (TPSA) is 60.5 Å². The molecule has 1 saturated heterocycles. The minimum atomic E-state index is -0.173. The van der Waals surface area contributed by atoms with Crippen molar-refractivity contribution in [1.29, 1.82) is 0 Å². The number of benzene rings is 2. The zero-order valence-corrected chi connectivity index (χ0v) is 18.4. The summed E-state index contributed by atoms with van der Waals surface area (Å²) in [5.74, 6) is 0.545. The third-order valence-electron chi connectivity index (χ3n) is 4.76. The van der Waals surface area contributed by atoms with Crippen LogP contribution in [0.3, 0.4) is 0 Å². The molecule has 3 aromatic rings. The van der Waals surface area contributed by atoms with Crippen LogP contribution in [0.25, 0.3) is 10.6 Å². The first-order chi connectivity index (χ1) is 14.6. The largest absolute Gasteiger partial charge is 0.489 e. The van der Waals surface area contributed by atoms with Crippen LogP contribution in [0, 0.1) is 0 Å². The summed E-state index contributed by atoms with van der Waals surface area (Å²) < 4.78 is 11.3. The second-order valence-electron chi connectivity index (χ2n) is 6.93. The van der Waals surface area contributed by atoms with E-state index in [0.717, 1.165) is 41.3 Å². The molecule has 30 heavy (non-hydrogen) atoms. The lowest BCUT2D eigenvalue weighted by atomic mass is 10.2. The molecule has 1 amide bonds. The second-order valence-corrected chi connectivity index (χ2v) is 8.63. The Labute approximate surface area is 188 Å². The molecule has 1 fully saturated rings. The Balaban J connectivity index is 1.34. The number of aromatic nitrogens is 1. The molecule has 8 heteroatoms. The van der Waals surface area contributed by atoms with Gasteiger partial charge in [0.25, 0.3) is 5.91 Å². The smallest absolute Gasteiger partial charge is 0.270 e. The number of hydrogen-bond donors (Lipinski definition) is 1. The molecule has 0 saturated carbocycles. The molecule has 2 aromatic carbocycles. The number of carbonyl (C=O) groups is 1. The van der Waals surface area contributed by atoms with E-state index in [1.54, 1.807) is 17.5 Å². The number of hydrogen-bond acceptors (Lipinski definition) is 5. The van der Waals surface area contributed by atoms with Gasteiger partial charge in [0, 0.05) is 39.7 Å². The van der Waals surface area contributed by atoms with Gasteiger partial charge in [-0.1, -0.05) is 29.3 Å². The van der Waals surface area contributed by atoms with Gasteiger partial charge in [-0.05, 0) is 49.2 Å². The van der Waals surface area contributed by atoms with Crippen molar-refractivity contribution in [3.05, 3.63) is 69.1 Å². The van der Waals surface area contributed by atoms with Crippen LogP contribution in [-0.2, 0) is 11.3 Å². The monoisotopic (exact) mass is 462 g/mol. The van der Waals surface area contributed by atoms with Crippen LogP contribution in [-0.4, -0.2) is 30.1 Å². The van der Waals surface area contributed by atoms with Gasteiger partial charge in [0.2, 0.25) is 0 Å². The summed E-state index contributed by atoms with van der Waals surface area (Å²) in [7, 11) is 0. The molecule has 1 N–H and O–H groups in total. The minimum Gasteiger partial charge on any atom is -0.489 e. The Morgan fingerprint density at radius 2 is 2.07 bits per heavy atom. The molecule has 4 rings (SSSR count). The second kappa shape index (κ2) is 9.79. The summed E-state index contributed by atoms with van der Waals surface area (Å²) in [5, 5.41) is 6.62. The minimum absolute atomic E-state index is 0.113. The van der Waals surface area contributed by atoms with E-state index < -0.39 is 0 Å². The van der Waals surface area contributed by atoms with Gasteiger partial charge in [0.15, 0.2) is 0 Å². The fraction of sp³-hybridized carbons (Fsp3) is 0.273. The Morgan fingerprint density at radius 1 is 1.23 bits per heavy atom. The van der Waals surface area contributed by atoms with Crippen molar-refractivity contribution >= 4 is 40.4 Å². The average Bonchev–Trinajstić information content (AvgIpc) is 3.44. The normalized spacial score (nSPS) is 15.9. The number of rotatable bonds is 7. The van der Waals surface area contributed by atoms with E-state index in [4.69, 9.17) is 32.7 Å². The van der Waals surface area contributed by atoms with Crippen LogP contribution in [0.5, 0.6) is 5.75 Å². The fourth-order valence-electron chi connectivity index (χ4n) is 3.11. The van der Waals surface area contributed by atoms with Crippen LogP contribution in [0.15, 0.2) is 47.8 Å². The molecule has 0 bridgehead atoms. The van der Waals surface area contributed by atoms with E-state index in [0.29, 0.717) is 28.9 Å². The van der Waals surface area contributed by atoms with E-state index in [9.17, 15) is 4.79 Å². The number of nitrogens with one attached hydrogen (secondary N) is 1. The highest BCUT2D eigenvalue weighted by atomic mass is 35.5. The zero-order valence-electron chi connectivity index (χ0n) is 16.1. The highest BCUT2D eigenvalue weighted by Crippen LogP contribution is 2.27. The maximum atomic E-state index is 12.3. The van der Waals surface area contributed by atoms with Gasteiger partial charge < -0.3 is 14.8 Å². The molecule has 1 aliphatic heterocycles. The molecule has 2 heterocycles. The first-order valence-electron chi connectivity index (χ1n) is 9.61. The van der Waals surface area contributed by atoms with Gasteiger partial charge in [-0.25, -0.2) is 4.98 Å². The van der Waals surface area contributed by atoms with Gasteiger partial charge in [0.1, 0.15) is 23.1 Å². The van der Waals surface area contributed by atoms with Crippen molar-refractivity contribution in [2.24, 2.45) is 0 Å². The molecular formula is C22H20Cl2N2O3S. The maximum absolute atomic E-state index is 12.3. The predicted molar refractivity (Wildman–Crippen MR) is 120 cm³/mol. The van der Waals surface area contributed by atoms with E-state index in [1.807, 2.05) is 30.3 Å². The van der Waals surface area contributed by atoms with E-state index in [1.165, 1.54) is 11.3 Å². The van der Waals surface area contributed by atoms with E-state index >= 15 is 0 Å².